The molecule has 1 aromatic rings. The van der Waals surface area contributed by atoms with Gasteiger partial charge in [0.1, 0.15) is 11.3 Å². The number of hydrogen-bond acceptors (Lipinski definition) is 5. The maximum atomic E-state index is 12.6. The first-order valence-corrected chi connectivity index (χ1v) is 7.58. The van der Waals surface area contributed by atoms with Crippen LogP contribution in [0.2, 0.25) is 0 Å². The Kier molecular flexibility index (Phi) is 4.81. The van der Waals surface area contributed by atoms with E-state index < -0.39 is 5.60 Å². The summed E-state index contributed by atoms with van der Waals surface area (Å²) in [7, 11) is 3.64. The molecule has 0 amide bonds. The molecule has 1 heterocycles. The number of hydrogen-bond donors (Lipinski definition) is 2. The molecule has 0 spiro atoms. The van der Waals surface area contributed by atoms with Crippen LogP contribution in [0.3, 0.4) is 0 Å². The lowest BCUT2D eigenvalue weighted by Gasteiger charge is -2.26. The lowest BCUT2D eigenvalue weighted by molar-refractivity contribution is -0.129. The summed E-state index contributed by atoms with van der Waals surface area (Å²) in [6.07, 6.45) is 0. The molecule has 1 aromatic carbocycles. The number of likely N-dealkylation sites (N-methyl/N-ethyl adjacent to an activating group) is 1. The molecule has 0 bridgehead atoms. The highest BCUT2D eigenvalue weighted by Gasteiger charge is 2.39. The number of nitrogens with one attached hydrogen (secondary N) is 1. The van der Waals surface area contributed by atoms with E-state index in [0.717, 1.165) is 10.0 Å². The maximum absolute atomic E-state index is 12.6. The molecule has 2 N–H and O–H groups in total. The minimum Gasteiger partial charge on any atom is -0.381 e. The van der Waals surface area contributed by atoms with Gasteiger partial charge in [0.2, 0.25) is 5.78 Å². The topological polar surface area (TPSA) is 64.9 Å². The molecule has 1 aliphatic rings. The number of ketones is 1. The van der Waals surface area contributed by atoms with Crippen molar-refractivity contribution in [1.82, 2.24) is 10.3 Å². The van der Waals surface area contributed by atoms with Crippen molar-refractivity contribution in [2.75, 3.05) is 27.2 Å². The van der Waals surface area contributed by atoms with E-state index in [1.807, 2.05) is 38.4 Å². The Morgan fingerprint density at radius 2 is 2.10 bits per heavy atom. The number of aliphatic hydroxyl groups is 1. The molecular formula is C15H20BrN3O2. The van der Waals surface area contributed by atoms with Gasteiger partial charge in [-0.1, -0.05) is 28.1 Å². The van der Waals surface area contributed by atoms with Crippen molar-refractivity contribution in [3.63, 3.8) is 0 Å². The summed E-state index contributed by atoms with van der Waals surface area (Å²) in [5.74, 6) is -0.451. The van der Waals surface area contributed by atoms with Gasteiger partial charge in [0.05, 0.1) is 5.92 Å². The Morgan fingerprint density at radius 1 is 1.48 bits per heavy atom. The highest BCUT2D eigenvalue weighted by atomic mass is 79.9. The number of halogens is 1. The molecule has 0 aliphatic carbocycles. The van der Waals surface area contributed by atoms with E-state index in [0.29, 0.717) is 12.3 Å². The number of benzene rings is 1. The molecule has 6 heteroatoms. The number of Topliss-reactive ketones (excluding diaryl/α,β-unsaturated/α-hetero) is 1. The van der Waals surface area contributed by atoms with Gasteiger partial charge in [-0.2, -0.15) is 5.10 Å². The van der Waals surface area contributed by atoms with Crippen molar-refractivity contribution in [2.24, 2.45) is 5.10 Å². The predicted molar refractivity (Wildman–Crippen MR) is 86.5 cm³/mol. The summed E-state index contributed by atoms with van der Waals surface area (Å²) in [5.41, 5.74) is 2.83. The van der Waals surface area contributed by atoms with E-state index in [1.54, 1.807) is 4.90 Å². The molecule has 2 atom stereocenters. The molecule has 2 rings (SSSR count). The molecule has 0 saturated carbocycles. The zero-order valence-corrected chi connectivity index (χ0v) is 14.0. The highest BCUT2D eigenvalue weighted by Crippen LogP contribution is 2.25. The van der Waals surface area contributed by atoms with Crippen LogP contribution < -0.4 is 5.43 Å². The van der Waals surface area contributed by atoms with Gasteiger partial charge in [-0.15, -0.1) is 0 Å². The standard InChI is InChI=1S/C15H20BrN3O2/c1-15(21,9-19(2)3)14(20)13-12(8-17-18-13)10-4-6-11(16)7-5-10/h4-7,12,17,21H,8-9H2,1-3H3/t12-,15+/m1/s1. The Balaban J connectivity index is 2.22. The molecule has 0 unspecified atom stereocenters. The first kappa shape index (κ1) is 16.1. The number of carbonyl (C=O) groups excluding carboxylic acids is 1. The van der Waals surface area contributed by atoms with Gasteiger partial charge < -0.3 is 15.4 Å². The predicted octanol–water partition coefficient (Wildman–Crippen LogP) is 1.37. The summed E-state index contributed by atoms with van der Waals surface area (Å²) in [6.45, 7) is 2.37. The molecule has 21 heavy (non-hydrogen) atoms. The molecule has 0 saturated heterocycles. The number of hydrazone groups is 1. The van der Waals surface area contributed by atoms with E-state index in [9.17, 15) is 9.90 Å². The van der Waals surface area contributed by atoms with E-state index in [-0.39, 0.29) is 18.2 Å². The van der Waals surface area contributed by atoms with Gasteiger partial charge in [-0.05, 0) is 38.7 Å². The largest absolute Gasteiger partial charge is 0.381 e. The molecule has 0 radical (unpaired) electrons. The van der Waals surface area contributed by atoms with Gasteiger partial charge in [-0.25, -0.2) is 0 Å². The maximum Gasteiger partial charge on any atom is 0.211 e. The van der Waals surface area contributed by atoms with Gasteiger partial charge in [0.25, 0.3) is 0 Å². The summed E-state index contributed by atoms with van der Waals surface area (Å²) in [5, 5.41) is 14.5. The number of carbonyl (C=O) groups is 1. The number of nitrogens with zero attached hydrogens (tertiary/aromatic N) is 2. The molecule has 5 nitrogen and oxygen atoms in total. The van der Waals surface area contributed by atoms with Crippen molar-refractivity contribution in [3.05, 3.63) is 34.3 Å². The Labute approximate surface area is 133 Å². The number of rotatable bonds is 5. The fourth-order valence-corrected chi connectivity index (χ4v) is 2.80. The third kappa shape index (κ3) is 3.70. The Morgan fingerprint density at radius 3 is 2.67 bits per heavy atom. The molecule has 0 aromatic heterocycles. The van der Waals surface area contributed by atoms with Crippen molar-refractivity contribution < 1.29 is 9.90 Å². The van der Waals surface area contributed by atoms with Gasteiger partial charge in [0.15, 0.2) is 0 Å². The van der Waals surface area contributed by atoms with Crippen LogP contribution in [0.25, 0.3) is 0 Å². The van der Waals surface area contributed by atoms with E-state index in [2.05, 4.69) is 26.5 Å². The van der Waals surface area contributed by atoms with Gasteiger partial charge >= 0.3 is 0 Å². The van der Waals surface area contributed by atoms with Crippen LogP contribution in [-0.4, -0.2) is 54.3 Å². The summed E-state index contributed by atoms with van der Waals surface area (Å²) >= 11 is 3.40. The zero-order chi connectivity index (χ0) is 15.6. The van der Waals surface area contributed by atoms with Gasteiger partial charge in [0, 0.05) is 17.6 Å². The van der Waals surface area contributed by atoms with Crippen LogP contribution in [0.1, 0.15) is 18.4 Å². The lowest BCUT2D eigenvalue weighted by Crippen LogP contribution is -2.48. The average Bonchev–Trinajstić information content (AvgIpc) is 2.86. The second-order valence-corrected chi connectivity index (χ2v) is 6.72. The van der Waals surface area contributed by atoms with Crippen LogP contribution in [0.15, 0.2) is 33.8 Å². The monoisotopic (exact) mass is 353 g/mol. The first-order valence-electron chi connectivity index (χ1n) is 6.79. The summed E-state index contributed by atoms with van der Waals surface area (Å²) < 4.78 is 0.988. The third-order valence-electron chi connectivity index (χ3n) is 3.44. The zero-order valence-electron chi connectivity index (χ0n) is 12.4. The highest BCUT2D eigenvalue weighted by molar-refractivity contribution is 9.10. The first-order chi connectivity index (χ1) is 9.81. The molecule has 0 fully saturated rings. The lowest BCUT2D eigenvalue weighted by atomic mass is 9.86. The van der Waals surface area contributed by atoms with Gasteiger partial charge in [-0.3, -0.25) is 4.79 Å². The van der Waals surface area contributed by atoms with Crippen LogP contribution in [0.4, 0.5) is 0 Å². The quantitative estimate of drug-likeness (QED) is 0.839. The van der Waals surface area contributed by atoms with Crippen molar-refractivity contribution in [1.29, 1.82) is 0 Å². The third-order valence-corrected chi connectivity index (χ3v) is 3.97. The minimum absolute atomic E-state index is 0.126. The SMILES string of the molecule is CN(C)C[C@](C)(O)C(=O)C1=NNC[C@@H]1c1ccc(Br)cc1. The fraction of sp³-hybridized carbons (Fsp3) is 0.467. The van der Waals surface area contributed by atoms with Crippen molar-refractivity contribution >= 4 is 27.4 Å². The van der Waals surface area contributed by atoms with E-state index >= 15 is 0 Å². The molecule has 1 aliphatic heterocycles. The second-order valence-electron chi connectivity index (χ2n) is 5.80. The smallest absolute Gasteiger partial charge is 0.211 e. The molecule has 114 valence electrons. The summed E-state index contributed by atoms with van der Waals surface area (Å²) in [6, 6.07) is 7.80. The van der Waals surface area contributed by atoms with Crippen LogP contribution in [0.5, 0.6) is 0 Å². The van der Waals surface area contributed by atoms with Crippen LogP contribution in [0, 0.1) is 0 Å². The fourth-order valence-electron chi connectivity index (χ4n) is 2.54. The average molecular weight is 354 g/mol. The summed E-state index contributed by atoms with van der Waals surface area (Å²) in [4.78, 5) is 14.4. The normalized spacial score (nSPS) is 20.9. The Bertz CT molecular complexity index is 553. The second kappa shape index (κ2) is 6.25. The van der Waals surface area contributed by atoms with E-state index in [4.69, 9.17) is 0 Å². The van der Waals surface area contributed by atoms with Crippen LogP contribution >= 0.6 is 15.9 Å². The van der Waals surface area contributed by atoms with E-state index in [1.165, 1.54) is 6.92 Å². The molecular weight excluding hydrogens is 334 g/mol. The Hall–Kier alpha value is -1.24. The van der Waals surface area contributed by atoms with Crippen molar-refractivity contribution in [3.8, 4) is 0 Å². The minimum atomic E-state index is -1.44. The van der Waals surface area contributed by atoms with Crippen LogP contribution in [-0.2, 0) is 4.79 Å². The van der Waals surface area contributed by atoms with Crippen molar-refractivity contribution in [2.45, 2.75) is 18.4 Å².